The second-order valence-electron chi connectivity index (χ2n) is 4.65. The van der Waals surface area contributed by atoms with Gasteiger partial charge in [0.25, 0.3) is 5.91 Å². The van der Waals surface area contributed by atoms with E-state index in [2.05, 4.69) is 35.9 Å². The van der Waals surface area contributed by atoms with Crippen molar-refractivity contribution < 1.29 is 18.0 Å². The number of imidazole rings is 1. The van der Waals surface area contributed by atoms with E-state index in [1.807, 2.05) is 0 Å². The van der Waals surface area contributed by atoms with E-state index in [1.54, 1.807) is 0 Å². The average molecular weight is 325 g/mol. The lowest BCUT2D eigenvalue weighted by molar-refractivity contribution is -0.144. The van der Waals surface area contributed by atoms with Crippen LogP contribution < -0.4 is 5.32 Å². The first-order valence-electron chi connectivity index (χ1n) is 6.51. The van der Waals surface area contributed by atoms with Crippen molar-refractivity contribution in [3.05, 3.63) is 35.4 Å². The number of carbonyl (C=O) groups excluding carboxylic acids is 1. The van der Waals surface area contributed by atoms with Gasteiger partial charge in [0.05, 0.1) is 11.0 Å². The van der Waals surface area contributed by atoms with Crippen LogP contribution in [0.5, 0.6) is 0 Å². The first kappa shape index (κ1) is 14.9. The monoisotopic (exact) mass is 325 g/mol. The maximum atomic E-state index is 12.6. The number of amides is 1. The van der Waals surface area contributed by atoms with Crippen molar-refractivity contribution in [2.45, 2.75) is 12.6 Å². The normalized spacial score (nSPS) is 11.8. The number of hydrogen-bond acceptors (Lipinski definition) is 5. The van der Waals surface area contributed by atoms with Crippen LogP contribution in [0.4, 0.5) is 13.2 Å². The summed E-state index contributed by atoms with van der Waals surface area (Å²) in [6.07, 6.45) is -4.18. The number of tetrazole rings is 1. The van der Waals surface area contributed by atoms with Crippen LogP contribution in [-0.2, 0) is 12.6 Å². The Bertz CT molecular complexity index is 825. The Morgan fingerprint density at radius 2 is 2.13 bits per heavy atom. The molecule has 0 aliphatic heterocycles. The SMILES string of the molecule is O=C(NCCc1nn[nH]n1)c1ccc2nc(C(F)(F)F)[nH]c2c1. The number of aromatic amines is 2. The third kappa shape index (κ3) is 3.27. The predicted molar refractivity (Wildman–Crippen MR) is 71.3 cm³/mol. The maximum Gasteiger partial charge on any atom is 0.449 e. The van der Waals surface area contributed by atoms with E-state index >= 15 is 0 Å². The van der Waals surface area contributed by atoms with Crippen LogP contribution in [-0.4, -0.2) is 43.0 Å². The van der Waals surface area contributed by atoms with Gasteiger partial charge in [-0.05, 0) is 18.2 Å². The van der Waals surface area contributed by atoms with Gasteiger partial charge in [-0.1, -0.05) is 5.21 Å². The van der Waals surface area contributed by atoms with Crippen molar-refractivity contribution in [2.24, 2.45) is 0 Å². The second-order valence-corrected chi connectivity index (χ2v) is 4.65. The predicted octanol–water partition coefficient (Wildman–Crippen LogP) is 1.07. The van der Waals surface area contributed by atoms with Crippen molar-refractivity contribution in [3.63, 3.8) is 0 Å². The standard InChI is InChI=1S/C12H10F3N7O/c13-12(14,15)11-17-7-2-1-6(5-8(7)18-11)10(23)16-4-3-9-19-21-22-20-9/h1-2,5H,3-4H2,(H,16,23)(H,17,18)(H,19,20,21,22). The number of nitrogens with one attached hydrogen (secondary N) is 3. The van der Waals surface area contributed by atoms with Gasteiger partial charge in [0.1, 0.15) is 0 Å². The Kier molecular flexibility index (Phi) is 3.68. The van der Waals surface area contributed by atoms with Crippen LogP contribution in [0.25, 0.3) is 11.0 Å². The second kappa shape index (κ2) is 5.66. The minimum absolute atomic E-state index is 0.140. The summed E-state index contributed by atoms with van der Waals surface area (Å²) in [7, 11) is 0. The molecular formula is C12H10F3N7O. The number of halogens is 3. The van der Waals surface area contributed by atoms with E-state index in [-0.39, 0.29) is 23.1 Å². The molecule has 0 unspecified atom stereocenters. The van der Waals surface area contributed by atoms with Gasteiger partial charge < -0.3 is 10.3 Å². The molecule has 2 heterocycles. The highest BCUT2D eigenvalue weighted by Crippen LogP contribution is 2.28. The fourth-order valence-electron chi connectivity index (χ4n) is 1.96. The first-order chi connectivity index (χ1) is 10.9. The molecule has 0 saturated carbocycles. The quantitative estimate of drug-likeness (QED) is 0.664. The lowest BCUT2D eigenvalue weighted by Gasteiger charge is -2.03. The largest absolute Gasteiger partial charge is 0.449 e. The number of hydrogen-bond donors (Lipinski definition) is 3. The van der Waals surface area contributed by atoms with E-state index in [9.17, 15) is 18.0 Å². The number of aromatic nitrogens is 6. The van der Waals surface area contributed by atoms with E-state index in [0.717, 1.165) is 0 Å². The summed E-state index contributed by atoms with van der Waals surface area (Å²) in [5.41, 5.74) is 0.506. The van der Waals surface area contributed by atoms with Gasteiger partial charge in [-0.25, -0.2) is 4.98 Å². The van der Waals surface area contributed by atoms with E-state index in [4.69, 9.17) is 0 Å². The molecule has 23 heavy (non-hydrogen) atoms. The van der Waals surface area contributed by atoms with Gasteiger partial charge in [0.15, 0.2) is 5.82 Å². The Hall–Kier alpha value is -2.98. The number of fused-ring (bicyclic) bond motifs is 1. The molecule has 3 rings (SSSR count). The summed E-state index contributed by atoms with van der Waals surface area (Å²) >= 11 is 0. The number of alkyl halides is 3. The molecule has 1 amide bonds. The molecule has 0 spiro atoms. The third-order valence-electron chi connectivity index (χ3n) is 3.04. The number of rotatable bonds is 4. The zero-order valence-corrected chi connectivity index (χ0v) is 11.5. The fourth-order valence-corrected chi connectivity index (χ4v) is 1.96. The maximum absolute atomic E-state index is 12.6. The minimum atomic E-state index is -4.56. The molecule has 1 aromatic carbocycles. The Morgan fingerprint density at radius 1 is 1.30 bits per heavy atom. The van der Waals surface area contributed by atoms with Crippen LogP contribution >= 0.6 is 0 Å². The smallest absolute Gasteiger partial charge is 0.352 e. The lowest BCUT2D eigenvalue weighted by atomic mass is 10.2. The van der Waals surface area contributed by atoms with Crippen molar-refractivity contribution in [3.8, 4) is 0 Å². The summed E-state index contributed by atoms with van der Waals surface area (Å²) in [6.45, 7) is 0.271. The summed E-state index contributed by atoms with van der Waals surface area (Å²) in [4.78, 5) is 17.6. The Labute approximate surface area is 126 Å². The molecule has 2 aromatic heterocycles. The molecule has 3 aromatic rings. The number of benzene rings is 1. The van der Waals surface area contributed by atoms with Gasteiger partial charge in [-0.2, -0.15) is 18.4 Å². The fraction of sp³-hybridized carbons (Fsp3) is 0.250. The first-order valence-corrected chi connectivity index (χ1v) is 6.51. The van der Waals surface area contributed by atoms with Crippen molar-refractivity contribution >= 4 is 16.9 Å². The number of carbonyl (C=O) groups is 1. The molecule has 0 fully saturated rings. The topological polar surface area (TPSA) is 112 Å². The summed E-state index contributed by atoms with van der Waals surface area (Å²) < 4.78 is 37.8. The molecule has 120 valence electrons. The van der Waals surface area contributed by atoms with Gasteiger partial charge in [-0.3, -0.25) is 4.79 Å². The van der Waals surface area contributed by atoms with Crippen LogP contribution in [0, 0.1) is 0 Å². The molecule has 0 atom stereocenters. The van der Waals surface area contributed by atoms with E-state index < -0.39 is 17.9 Å². The summed E-state index contributed by atoms with van der Waals surface area (Å²) in [5, 5.41) is 15.8. The molecule has 0 saturated heterocycles. The van der Waals surface area contributed by atoms with Crippen molar-refractivity contribution in [2.75, 3.05) is 6.54 Å². The van der Waals surface area contributed by atoms with Crippen LogP contribution in [0.2, 0.25) is 0 Å². The van der Waals surface area contributed by atoms with Gasteiger partial charge in [0, 0.05) is 18.5 Å². The zero-order valence-electron chi connectivity index (χ0n) is 11.5. The summed E-state index contributed by atoms with van der Waals surface area (Å²) in [5.74, 6) is -1.06. The lowest BCUT2D eigenvalue weighted by Crippen LogP contribution is -2.25. The van der Waals surface area contributed by atoms with E-state index in [0.29, 0.717) is 12.2 Å². The van der Waals surface area contributed by atoms with Gasteiger partial charge in [-0.15, -0.1) is 10.2 Å². The minimum Gasteiger partial charge on any atom is -0.352 e. The van der Waals surface area contributed by atoms with Crippen molar-refractivity contribution in [1.82, 2.24) is 35.9 Å². The molecule has 8 nitrogen and oxygen atoms in total. The van der Waals surface area contributed by atoms with Gasteiger partial charge in [0.2, 0.25) is 5.82 Å². The van der Waals surface area contributed by atoms with E-state index in [1.165, 1.54) is 18.2 Å². The molecule has 0 aliphatic carbocycles. The Morgan fingerprint density at radius 3 is 2.83 bits per heavy atom. The molecule has 0 bridgehead atoms. The Balaban J connectivity index is 1.70. The molecule has 11 heteroatoms. The third-order valence-corrected chi connectivity index (χ3v) is 3.04. The zero-order chi connectivity index (χ0) is 16.4. The highest BCUT2D eigenvalue weighted by molar-refractivity contribution is 5.97. The molecule has 3 N–H and O–H groups in total. The number of H-pyrrole nitrogens is 2. The average Bonchev–Trinajstić information content (AvgIpc) is 3.14. The summed E-state index contributed by atoms with van der Waals surface area (Å²) in [6, 6.07) is 4.09. The van der Waals surface area contributed by atoms with Crippen LogP contribution in [0.3, 0.4) is 0 Å². The van der Waals surface area contributed by atoms with Crippen LogP contribution in [0.1, 0.15) is 22.0 Å². The van der Waals surface area contributed by atoms with Crippen molar-refractivity contribution in [1.29, 1.82) is 0 Å². The highest BCUT2D eigenvalue weighted by Gasteiger charge is 2.34. The molecule has 0 aliphatic rings. The molecular weight excluding hydrogens is 315 g/mol. The van der Waals surface area contributed by atoms with Crippen LogP contribution in [0.15, 0.2) is 18.2 Å². The number of nitrogens with zero attached hydrogens (tertiary/aromatic N) is 4. The highest BCUT2D eigenvalue weighted by atomic mass is 19.4. The van der Waals surface area contributed by atoms with Gasteiger partial charge >= 0.3 is 6.18 Å². The molecule has 0 radical (unpaired) electrons.